The molecule has 1 heterocycles. The Morgan fingerprint density at radius 1 is 0.943 bits per heavy atom. The van der Waals surface area contributed by atoms with Crippen molar-refractivity contribution in [3.05, 3.63) is 89.7 Å². The van der Waals surface area contributed by atoms with Gasteiger partial charge in [-0.1, -0.05) is 63.2 Å². The van der Waals surface area contributed by atoms with E-state index in [4.69, 9.17) is 0 Å². The topological polar surface area (TPSA) is 62.6 Å². The van der Waals surface area contributed by atoms with Crippen LogP contribution in [0.25, 0.3) is 0 Å². The third-order valence-electron chi connectivity index (χ3n) is 6.55. The number of sulfonamides is 1. The molecule has 1 aliphatic carbocycles. The predicted molar refractivity (Wildman–Crippen MR) is 138 cm³/mol. The van der Waals surface area contributed by atoms with Crippen molar-refractivity contribution >= 4 is 15.9 Å². The van der Waals surface area contributed by atoms with Gasteiger partial charge in [0.25, 0.3) is 0 Å². The standard InChI is InChI=1S/C28H35N3O3S/c1-28(2,3)23-12-16-26(17-13-23)35(33,34)31(24-14-15-24)21-27(32)30(19-22-9-6-5-7-10-22)20-25-11-8-18-29(25)4/h5-13,16-18,24H,14-15,19-21H2,1-4H3. The Labute approximate surface area is 209 Å². The van der Waals surface area contributed by atoms with Gasteiger partial charge in [0.1, 0.15) is 0 Å². The van der Waals surface area contributed by atoms with Gasteiger partial charge in [-0.2, -0.15) is 4.31 Å². The summed E-state index contributed by atoms with van der Waals surface area (Å²) in [6, 6.07) is 20.7. The maximum atomic E-state index is 13.6. The Kier molecular flexibility index (Phi) is 7.20. The number of amides is 1. The van der Waals surface area contributed by atoms with Crippen LogP contribution >= 0.6 is 0 Å². The lowest BCUT2D eigenvalue weighted by Crippen LogP contribution is -2.43. The Bertz CT molecular complexity index is 1250. The molecule has 0 spiro atoms. The van der Waals surface area contributed by atoms with Crippen molar-refractivity contribution in [3.8, 4) is 0 Å². The molecule has 0 radical (unpaired) electrons. The summed E-state index contributed by atoms with van der Waals surface area (Å²) in [6.07, 6.45) is 3.51. The van der Waals surface area contributed by atoms with E-state index < -0.39 is 10.0 Å². The molecule has 186 valence electrons. The van der Waals surface area contributed by atoms with E-state index >= 15 is 0 Å². The zero-order valence-corrected chi connectivity index (χ0v) is 21.8. The highest BCUT2D eigenvalue weighted by Gasteiger charge is 2.40. The molecule has 1 saturated carbocycles. The SMILES string of the molecule is Cn1cccc1CN(Cc1ccccc1)C(=O)CN(C1CC1)S(=O)(=O)c1ccc(C(C)(C)C)cc1. The van der Waals surface area contributed by atoms with Crippen LogP contribution < -0.4 is 0 Å². The Morgan fingerprint density at radius 2 is 1.60 bits per heavy atom. The van der Waals surface area contributed by atoms with E-state index in [1.807, 2.05) is 72.4 Å². The van der Waals surface area contributed by atoms with Crippen LogP contribution in [0.1, 0.15) is 50.4 Å². The molecular weight excluding hydrogens is 458 g/mol. The van der Waals surface area contributed by atoms with E-state index in [0.29, 0.717) is 13.1 Å². The van der Waals surface area contributed by atoms with Crippen molar-refractivity contribution < 1.29 is 13.2 Å². The first-order valence-corrected chi connectivity index (χ1v) is 13.5. The van der Waals surface area contributed by atoms with E-state index in [1.165, 1.54) is 4.31 Å². The van der Waals surface area contributed by atoms with Crippen molar-refractivity contribution in [1.82, 2.24) is 13.8 Å². The lowest BCUT2D eigenvalue weighted by molar-refractivity contribution is -0.132. The molecule has 0 atom stereocenters. The fraction of sp³-hybridized carbons (Fsp3) is 0.393. The van der Waals surface area contributed by atoms with Gasteiger partial charge in [0.2, 0.25) is 15.9 Å². The molecule has 0 N–H and O–H groups in total. The van der Waals surface area contributed by atoms with Crippen molar-refractivity contribution in [1.29, 1.82) is 0 Å². The Morgan fingerprint density at radius 3 is 2.14 bits per heavy atom. The molecule has 1 fully saturated rings. The van der Waals surface area contributed by atoms with Crippen LogP contribution in [0.2, 0.25) is 0 Å². The third-order valence-corrected chi connectivity index (χ3v) is 8.46. The second-order valence-corrected chi connectivity index (χ2v) is 12.3. The van der Waals surface area contributed by atoms with Gasteiger partial charge in [0, 0.05) is 31.5 Å². The number of aromatic nitrogens is 1. The van der Waals surface area contributed by atoms with E-state index in [9.17, 15) is 13.2 Å². The maximum absolute atomic E-state index is 13.6. The van der Waals surface area contributed by atoms with Gasteiger partial charge in [-0.25, -0.2) is 8.42 Å². The molecule has 3 aromatic rings. The van der Waals surface area contributed by atoms with Crippen molar-refractivity contribution in [2.75, 3.05) is 6.54 Å². The summed E-state index contributed by atoms with van der Waals surface area (Å²) < 4.78 is 30.6. The van der Waals surface area contributed by atoms with Gasteiger partial charge in [-0.05, 0) is 53.6 Å². The second-order valence-electron chi connectivity index (χ2n) is 10.4. The van der Waals surface area contributed by atoms with Gasteiger partial charge >= 0.3 is 0 Å². The molecule has 1 amide bonds. The smallest absolute Gasteiger partial charge is 0.243 e. The summed E-state index contributed by atoms with van der Waals surface area (Å²) >= 11 is 0. The summed E-state index contributed by atoms with van der Waals surface area (Å²) in [4.78, 5) is 15.6. The monoisotopic (exact) mass is 493 g/mol. The maximum Gasteiger partial charge on any atom is 0.243 e. The molecule has 0 aliphatic heterocycles. The molecule has 4 rings (SSSR count). The fourth-order valence-corrected chi connectivity index (χ4v) is 5.80. The van der Waals surface area contributed by atoms with Crippen LogP contribution in [-0.2, 0) is 40.4 Å². The van der Waals surface area contributed by atoms with Crippen LogP contribution in [0.3, 0.4) is 0 Å². The lowest BCUT2D eigenvalue weighted by atomic mass is 9.87. The number of hydrogen-bond donors (Lipinski definition) is 0. The number of rotatable bonds is 9. The highest BCUT2D eigenvalue weighted by molar-refractivity contribution is 7.89. The highest BCUT2D eigenvalue weighted by atomic mass is 32.2. The minimum absolute atomic E-state index is 0.0662. The molecule has 2 aromatic carbocycles. The second kappa shape index (κ2) is 9.99. The van der Waals surface area contributed by atoms with E-state index in [0.717, 1.165) is 29.7 Å². The number of carbonyl (C=O) groups excluding carboxylic acids is 1. The molecule has 0 saturated heterocycles. The van der Waals surface area contributed by atoms with Gasteiger partial charge in [0.05, 0.1) is 18.0 Å². The van der Waals surface area contributed by atoms with Gasteiger partial charge in [-0.3, -0.25) is 4.79 Å². The van der Waals surface area contributed by atoms with E-state index in [-0.39, 0.29) is 28.8 Å². The van der Waals surface area contributed by atoms with Crippen LogP contribution in [-0.4, -0.2) is 40.7 Å². The van der Waals surface area contributed by atoms with Crippen molar-refractivity contribution in [2.45, 2.75) is 63.1 Å². The zero-order chi connectivity index (χ0) is 25.2. The van der Waals surface area contributed by atoms with E-state index in [2.05, 4.69) is 20.8 Å². The summed E-state index contributed by atoms with van der Waals surface area (Å²) in [5.41, 5.74) is 3.01. The molecular formula is C28H35N3O3S. The van der Waals surface area contributed by atoms with Crippen LogP contribution in [0.5, 0.6) is 0 Å². The first kappa shape index (κ1) is 25.2. The largest absolute Gasteiger partial charge is 0.353 e. The number of carbonyl (C=O) groups is 1. The zero-order valence-electron chi connectivity index (χ0n) is 21.0. The van der Waals surface area contributed by atoms with Crippen molar-refractivity contribution in [3.63, 3.8) is 0 Å². The molecule has 0 bridgehead atoms. The molecule has 1 aliphatic rings. The molecule has 0 unspecified atom stereocenters. The molecule has 6 nitrogen and oxygen atoms in total. The fourth-order valence-electron chi connectivity index (χ4n) is 4.16. The minimum atomic E-state index is -3.79. The number of hydrogen-bond acceptors (Lipinski definition) is 3. The number of benzene rings is 2. The van der Waals surface area contributed by atoms with Crippen molar-refractivity contribution in [2.24, 2.45) is 7.05 Å². The molecule has 1 aromatic heterocycles. The predicted octanol–water partition coefficient (Wildman–Crippen LogP) is 4.70. The van der Waals surface area contributed by atoms with Gasteiger partial charge < -0.3 is 9.47 Å². The highest BCUT2D eigenvalue weighted by Crippen LogP contribution is 2.33. The molecule has 35 heavy (non-hydrogen) atoms. The first-order valence-electron chi connectivity index (χ1n) is 12.1. The Balaban J connectivity index is 1.58. The third kappa shape index (κ3) is 6.03. The van der Waals surface area contributed by atoms with Crippen LogP contribution in [0.4, 0.5) is 0 Å². The number of nitrogens with zero attached hydrogens (tertiary/aromatic N) is 3. The quantitative estimate of drug-likeness (QED) is 0.434. The van der Waals surface area contributed by atoms with E-state index in [1.54, 1.807) is 17.0 Å². The van der Waals surface area contributed by atoms with Crippen LogP contribution in [0, 0.1) is 0 Å². The molecule has 7 heteroatoms. The first-order chi connectivity index (χ1) is 16.6. The normalized spacial score (nSPS) is 14.3. The summed E-state index contributed by atoms with van der Waals surface area (Å²) in [7, 11) is -1.84. The minimum Gasteiger partial charge on any atom is -0.353 e. The average Bonchev–Trinajstić information content (AvgIpc) is 3.58. The Hall–Kier alpha value is -2.90. The summed E-state index contributed by atoms with van der Waals surface area (Å²) in [6.45, 7) is 6.96. The number of aryl methyl sites for hydroxylation is 1. The average molecular weight is 494 g/mol. The van der Waals surface area contributed by atoms with Crippen LogP contribution in [0.15, 0.2) is 77.8 Å². The lowest BCUT2D eigenvalue weighted by Gasteiger charge is -2.28. The summed E-state index contributed by atoms with van der Waals surface area (Å²) in [5.74, 6) is -0.197. The summed E-state index contributed by atoms with van der Waals surface area (Å²) in [5, 5.41) is 0. The van der Waals surface area contributed by atoms with Gasteiger partial charge in [-0.15, -0.1) is 0 Å². The van der Waals surface area contributed by atoms with Gasteiger partial charge in [0.15, 0.2) is 0 Å².